The Balaban J connectivity index is 2.92. The van der Waals surface area contributed by atoms with Crippen molar-refractivity contribution in [3.63, 3.8) is 0 Å². The second-order valence-corrected chi connectivity index (χ2v) is 5.39. The Labute approximate surface area is 118 Å². The third kappa shape index (κ3) is 15.7. The molecular weight excluding hydrogens is 242 g/mol. The van der Waals surface area contributed by atoms with Gasteiger partial charge in [-0.1, -0.05) is 64.2 Å². The second-order valence-electron chi connectivity index (χ2n) is 4.94. The highest BCUT2D eigenvalue weighted by Crippen LogP contribution is 2.12. The molecule has 18 heavy (non-hydrogen) atoms. The molecule has 0 rings (SSSR count). The second kappa shape index (κ2) is 16.7. The summed E-state index contributed by atoms with van der Waals surface area (Å²) < 4.78 is 0. The molecule has 0 N–H and O–H groups in total. The normalized spacial score (nSPS) is 10.3. The maximum absolute atomic E-state index is 9.83. The van der Waals surface area contributed by atoms with Gasteiger partial charge in [0.05, 0.1) is 6.54 Å². The summed E-state index contributed by atoms with van der Waals surface area (Å²) in [5.74, 6) is 1.04. The molecule has 106 valence electrons. The highest BCUT2D eigenvalue weighted by Gasteiger charge is 1.93. The summed E-state index contributed by atoms with van der Waals surface area (Å²) in [5, 5.41) is 0. The molecule has 0 spiro atoms. The van der Waals surface area contributed by atoms with E-state index in [-0.39, 0.29) is 0 Å². The van der Waals surface area contributed by atoms with Gasteiger partial charge in [-0.3, -0.25) is 0 Å². The molecule has 0 bridgehead atoms. The summed E-state index contributed by atoms with van der Waals surface area (Å²) in [6.45, 7) is 0.662. The molecule has 0 aromatic heterocycles. The molecule has 0 fully saturated rings. The van der Waals surface area contributed by atoms with Gasteiger partial charge in [0, 0.05) is 0 Å². The predicted molar refractivity (Wildman–Crippen MR) is 82.2 cm³/mol. The van der Waals surface area contributed by atoms with Gasteiger partial charge >= 0.3 is 0 Å². The number of nitrogens with zero attached hydrogens (tertiary/aromatic N) is 1. The molecular formula is C15H29NOS. The highest BCUT2D eigenvalue weighted by atomic mass is 32.1. The first kappa shape index (κ1) is 17.7. The van der Waals surface area contributed by atoms with E-state index in [1.807, 2.05) is 0 Å². The van der Waals surface area contributed by atoms with Crippen molar-refractivity contribution >= 4 is 18.7 Å². The first-order chi connectivity index (χ1) is 8.91. The number of hydrogen-bond donors (Lipinski definition) is 1. The van der Waals surface area contributed by atoms with Crippen LogP contribution < -0.4 is 0 Å². The van der Waals surface area contributed by atoms with Gasteiger partial charge in [0.1, 0.15) is 0 Å². The van der Waals surface area contributed by atoms with Crippen molar-refractivity contribution in [3.05, 3.63) is 0 Å². The quantitative estimate of drug-likeness (QED) is 0.206. The summed E-state index contributed by atoms with van der Waals surface area (Å²) in [6, 6.07) is 0. The number of isocyanates is 1. The monoisotopic (exact) mass is 271 g/mol. The molecule has 0 amide bonds. The Bertz CT molecular complexity index is 203. The van der Waals surface area contributed by atoms with E-state index >= 15 is 0 Å². The zero-order valence-electron chi connectivity index (χ0n) is 11.7. The van der Waals surface area contributed by atoms with Crippen LogP contribution in [0.25, 0.3) is 0 Å². The third-order valence-electron chi connectivity index (χ3n) is 3.24. The van der Waals surface area contributed by atoms with E-state index < -0.39 is 0 Å². The van der Waals surface area contributed by atoms with Crippen LogP contribution in [0.1, 0.15) is 77.0 Å². The van der Waals surface area contributed by atoms with Gasteiger partial charge in [0.2, 0.25) is 6.08 Å². The smallest absolute Gasteiger partial charge is 0.211 e. The molecule has 0 saturated heterocycles. The van der Waals surface area contributed by atoms with E-state index in [1.165, 1.54) is 70.6 Å². The molecule has 0 aliphatic carbocycles. The van der Waals surface area contributed by atoms with Crippen LogP contribution in [0.2, 0.25) is 0 Å². The summed E-state index contributed by atoms with van der Waals surface area (Å²) in [4.78, 5) is 13.4. The van der Waals surface area contributed by atoms with Crippen molar-refractivity contribution in [1.29, 1.82) is 0 Å². The van der Waals surface area contributed by atoms with Gasteiger partial charge in [-0.05, 0) is 18.6 Å². The Morgan fingerprint density at radius 3 is 1.44 bits per heavy atom. The molecule has 0 aliphatic heterocycles. The van der Waals surface area contributed by atoms with Crippen LogP contribution >= 0.6 is 12.6 Å². The lowest BCUT2D eigenvalue weighted by molar-refractivity contribution is 0.543. The number of hydrogen-bond acceptors (Lipinski definition) is 3. The minimum absolute atomic E-state index is 0.662. The lowest BCUT2D eigenvalue weighted by atomic mass is 10.1. The number of carbonyl (C=O) groups excluding carboxylic acids is 1. The maximum Gasteiger partial charge on any atom is 0.234 e. The van der Waals surface area contributed by atoms with Crippen molar-refractivity contribution in [2.75, 3.05) is 12.3 Å². The Morgan fingerprint density at radius 1 is 0.667 bits per heavy atom. The molecule has 0 aliphatic rings. The minimum Gasteiger partial charge on any atom is -0.211 e. The predicted octanol–water partition coefficient (Wildman–Crippen LogP) is 4.93. The van der Waals surface area contributed by atoms with Crippen LogP contribution in [0.3, 0.4) is 0 Å². The Morgan fingerprint density at radius 2 is 1.06 bits per heavy atom. The van der Waals surface area contributed by atoms with E-state index in [0.29, 0.717) is 6.54 Å². The molecule has 0 aromatic rings. The van der Waals surface area contributed by atoms with E-state index in [1.54, 1.807) is 6.08 Å². The lowest BCUT2D eigenvalue weighted by Gasteiger charge is -2.02. The molecule has 0 aromatic carbocycles. The summed E-state index contributed by atoms with van der Waals surface area (Å²) in [7, 11) is 0. The third-order valence-corrected chi connectivity index (χ3v) is 3.56. The van der Waals surface area contributed by atoms with Gasteiger partial charge < -0.3 is 0 Å². The fourth-order valence-corrected chi connectivity index (χ4v) is 2.34. The largest absolute Gasteiger partial charge is 0.234 e. The van der Waals surface area contributed by atoms with Crippen LogP contribution in [0.5, 0.6) is 0 Å². The fraction of sp³-hybridized carbons (Fsp3) is 0.933. The van der Waals surface area contributed by atoms with Crippen LogP contribution in [-0.2, 0) is 4.79 Å². The molecule has 0 radical (unpaired) electrons. The summed E-state index contributed by atoms with van der Waals surface area (Å²) in [6.07, 6.45) is 17.4. The molecule has 0 unspecified atom stereocenters. The van der Waals surface area contributed by atoms with Crippen LogP contribution in [0.15, 0.2) is 4.99 Å². The lowest BCUT2D eigenvalue weighted by Crippen LogP contribution is -1.84. The molecule has 0 atom stereocenters. The first-order valence-electron chi connectivity index (χ1n) is 7.56. The highest BCUT2D eigenvalue weighted by molar-refractivity contribution is 7.80. The zero-order valence-corrected chi connectivity index (χ0v) is 12.6. The Kier molecular flexibility index (Phi) is 16.5. The topological polar surface area (TPSA) is 29.4 Å². The average molecular weight is 271 g/mol. The standard InChI is InChI=1S/C15H29NOS/c17-15-16-13-11-9-7-5-3-1-2-4-6-8-10-12-14-18/h18H,1-14H2. The van der Waals surface area contributed by atoms with Gasteiger partial charge in [-0.15, -0.1) is 0 Å². The Hall–Kier alpha value is -0.270. The van der Waals surface area contributed by atoms with Crippen molar-refractivity contribution in [2.24, 2.45) is 4.99 Å². The fourth-order valence-electron chi connectivity index (χ4n) is 2.12. The average Bonchev–Trinajstić information content (AvgIpc) is 2.39. The van der Waals surface area contributed by atoms with E-state index in [0.717, 1.165) is 12.2 Å². The minimum atomic E-state index is 0.662. The van der Waals surface area contributed by atoms with Crippen LogP contribution in [0, 0.1) is 0 Å². The van der Waals surface area contributed by atoms with Crippen LogP contribution in [0.4, 0.5) is 0 Å². The van der Waals surface area contributed by atoms with Gasteiger partial charge in [0.25, 0.3) is 0 Å². The van der Waals surface area contributed by atoms with Crippen molar-refractivity contribution in [3.8, 4) is 0 Å². The number of rotatable bonds is 14. The van der Waals surface area contributed by atoms with E-state index in [4.69, 9.17) is 0 Å². The van der Waals surface area contributed by atoms with Gasteiger partial charge in [-0.25, -0.2) is 9.79 Å². The number of unbranched alkanes of at least 4 members (excludes halogenated alkanes) is 11. The van der Waals surface area contributed by atoms with E-state index in [9.17, 15) is 4.79 Å². The summed E-state index contributed by atoms with van der Waals surface area (Å²) >= 11 is 4.21. The molecule has 0 heterocycles. The zero-order chi connectivity index (χ0) is 13.3. The summed E-state index contributed by atoms with van der Waals surface area (Å²) in [5.41, 5.74) is 0. The first-order valence-corrected chi connectivity index (χ1v) is 8.19. The molecule has 0 saturated carbocycles. The van der Waals surface area contributed by atoms with Crippen molar-refractivity contribution in [1.82, 2.24) is 0 Å². The number of aliphatic imine (C=N–C) groups is 1. The van der Waals surface area contributed by atoms with Crippen LogP contribution in [-0.4, -0.2) is 18.4 Å². The molecule has 3 heteroatoms. The number of thiol groups is 1. The molecule has 2 nitrogen and oxygen atoms in total. The van der Waals surface area contributed by atoms with Crippen molar-refractivity contribution in [2.45, 2.75) is 77.0 Å². The van der Waals surface area contributed by atoms with Gasteiger partial charge in [0.15, 0.2) is 0 Å². The SMILES string of the molecule is O=C=NCCCCCCCCCCCCCCS. The van der Waals surface area contributed by atoms with Crippen molar-refractivity contribution < 1.29 is 4.79 Å². The van der Waals surface area contributed by atoms with Gasteiger partial charge in [-0.2, -0.15) is 12.6 Å². The maximum atomic E-state index is 9.83. The van der Waals surface area contributed by atoms with E-state index in [2.05, 4.69) is 17.6 Å².